The third-order valence-corrected chi connectivity index (χ3v) is 8.48. The van der Waals surface area contributed by atoms with Gasteiger partial charge < -0.3 is 9.64 Å². The molecule has 9 heteroatoms. The number of thiophene rings is 1. The van der Waals surface area contributed by atoms with E-state index in [2.05, 4.69) is 21.7 Å². The van der Waals surface area contributed by atoms with Gasteiger partial charge in [-0.1, -0.05) is 0 Å². The van der Waals surface area contributed by atoms with Gasteiger partial charge in [-0.3, -0.25) is 9.69 Å². The van der Waals surface area contributed by atoms with Crippen LogP contribution in [-0.4, -0.2) is 74.3 Å². The quantitative estimate of drug-likeness (QED) is 0.677. The minimum Gasteiger partial charge on any atom is -0.497 e. The molecule has 0 unspecified atom stereocenters. The van der Waals surface area contributed by atoms with Crippen molar-refractivity contribution in [2.24, 2.45) is 0 Å². The Morgan fingerprint density at radius 1 is 1.10 bits per heavy atom. The predicted octanol–water partition coefficient (Wildman–Crippen LogP) is 2.25. The highest BCUT2D eigenvalue weighted by Gasteiger charge is 2.41. The van der Waals surface area contributed by atoms with Crippen molar-refractivity contribution in [1.29, 1.82) is 0 Å². The van der Waals surface area contributed by atoms with Crippen molar-refractivity contribution in [2.75, 3.05) is 39.8 Å². The van der Waals surface area contributed by atoms with Gasteiger partial charge in [0.15, 0.2) is 0 Å². The number of carbonyl (C=O) groups is 1. The molecule has 7 nitrogen and oxygen atoms in total. The van der Waals surface area contributed by atoms with E-state index < -0.39 is 16.1 Å². The molecule has 2 aliphatic heterocycles. The molecule has 3 heterocycles. The molecule has 2 aliphatic rings. The maximum absolute atomic E-state index is 13.2. The summed E-state index contributed by atoms with van der Waals surface area (Å²) < 4.78 is 32.8. The van der Waals surface area contributed by atoms with Crippen molar-refractivity contribution in [2.45, 2.75) is 30.3 Å². The molecule has 1 atom stereocenters. The molecule has 0 spiro atoms. The highest BCUT2D eigenvalue weighted by Crippen LogP contribution is 2.28. The average Bonchev–Trinajstić information content (AvgIpc) is 3.46. The van der Waals surface area contributed by atoms with E-state index in [0.717, 1.165) is 19.6 Å². The summed E-state index contributed by atoms with van der Waals surface area (Å²) in [5.41, 5.74) is 1.30. The monoisotopic (exact) mass is 449 g/mol. The molecular formula is C21H27N3O4S2. The Morgan fingerprint density at radius 3 is 2.47 bits per heavy atom. The number of carbonyl (C=O) groups excluding carboxylic acids is 1. The van der Waals surface area contributed by atoms with Crippen molar-refractivity contribution >= 4 is 27.3 Å². The van der Waals surface area contributed by atoms with Crippen LogP contribution in [0.1, 0.15) is 18.4 Å². The summed E-state index contributed by atoms with van der Waals surface area (Å²) in [6, 6.07) is 7.86. The van der Waals surface area contributed by atoms with Crippen molar-refractivity contribution in [1.82, 2.24) is 14.1 Å². The summed E-state index contributed by atoms with van der Waals surface area (Å²) in [4.78, 5) is 17.6. The van der Waals surface area contributed by atoms with Gasteiger partial charge in [0, 0.05) is 39.3 Å². The maximum Gasteiger partial charge on any atom is 0.243 e. The van der Waals surface area contributed by atoms with Crippen molar-refractivity contribution < 1.29 is 17.9 Å². The number of methoxy groups -OCH3 is 1. The average molecular weight is 450 g/mol. The van der Waals surface area contributed by atoms with Crippen molar-refractivity contribution in [3.63, 3.8) is 0 Å². The van der Waals surface area contributed by atoms with Gasteiger partial charge in [0.2, 0.25) is 15.9 Å². The second-order valence-corrected chi connectivity index (χ2v) is 10.4. The highest BCUT2D eigenvalue weighted by molar-refractivity contribution is 7.89. The van der Waals surface area contributed by atoms with Gasteiger partial charge in [0.05, 0.1) is 12.0 Å². The number of ether oxygens (including phenoxy) is 1. The van der Waals surface area contributed by atoms with Gasteiger partial charge in [-0.25, -0.2) is 8.42 Å². The SMILES string of the molecule is COc1ccc(S(=O)(=O)N2CCC[C@H]2C(=O)N2CCN(Cc3ccsc3)CC2)cc1. The van der Waals surface area contributed by atoms with Gasteiger partial charge in [0.1, 0.15) is 11.8 Å². The predicted molar refractivity (Wildman–Crippen MR) is 116 cm³/mol. The molecule has 0 aliphatic carbocycles. The summed E-state index contributed by atoms with van der Waals surface area (Å²) >= 11 is 1.69. The van der Waals surface area contributed by atoms with Crippen LogP contribution in [0, 0.1) is 0 Å². The summed E-state index contributed by atoms with van der Waals surface area (Å²) in [7, 11) is -2.18. The van der Waals surface area contributed by atoms with Gasteiger partial charge in [0.25, 0.3) is 0 Å². The maximum atomic E-state index is 13.2. The molecule has 4 rings (SSSR count). The zero-order valence-corrected chi connectivity index (χ0v) is 18.7. The first kappa shape index (κ1) is 21.3. The number of amides is 1. The summed E-state index contributed by atoms with van der Waals surface area (Å²) in [5.74, 6) is 0.531. The minimum atomic E-state index is -3.72. The first-order valence-electron chi connectivity index (χ1n) is 10.2. The number of sulfonamides is 1. The van der Waals surface area contributed by atoms with Crippen molar-refractivity contribution in [3.05, 3.63) is 46.7 Å². The fourth-order valence-corrected chi connectivity index (χ4v) is 6.45. The second kappa shape index (κ2) is 9.05. The van der Waals surface area contributed by atoms with Crippen LogP contribution in [0.3, 0.4) is 0 Å². The Morgan fingerprint density at radius 2 is 1.83 bits per heavy atom. The van der Waals surface area contributed by atoms with E-state index >= 15 is 0 Å². The molecule has 2 fully saturated rings. The van der Waals surface area contributed by atoms with Crippen LogP contribution < -0.4 is 4.74 Å². The molecule has 0 radical (unpaired) electrons. The lowest BCUT2D eigenvalue weighted by molar-refractivity contribution is -0.136. The molecule has 30 heavy (non-hydrogen) atoms. The fourth-order valence-electron chi connectivity index (χ4n) is 4.14. The topological polar surface area (TPSA) is 70.2 Å². The molecule has 0 saturated carbocycles. The molecule has 0 N–H and O–H groups in total. The van der Waals surface area contributed by atoms with E-state index in [1.165, 1.54) is 22.0 Å². The Balaban J connectivity index is 1.41. The van der Waals surface area contributed by atoms with Gasteiger partial charge in [-0.2, -0.15) is 15.6 Å². The number of piperazine rings is 1. The van der Waals surface area contributed by atoms with Crippen LogP contribution in [-0.2, 0) is 21.4 Å². The number of rotatable bonds is 6. The summed E-state index contributed by atoms with van der Waals surface area (Å²) in [6.45, 7) is 4.15. The Kier molecular flexibility index (Phi) is 6.43. The van der Waals surface area contributed by atoms with Crippen LogP contribution >= 0.6 is 11.3 Å². The normalized spacial score (nSPS) is 21.1. The second-order valence-electron chi connectivity index (χ2n) is 7.68. The molecule has 1 aromatic carbocycles. The van der Waals surface area contributed by atoms with Crippen LogP contribution in [0.4, 0.5) is 0 Å². The van der Waals surface area contributed by atoms with Crippen LogP contribution in [0.25, 0.3) is 0 Å². The molecule has 162 valence electrons. The molecule has 0 bridgehead atoms. The molecule has 1 aromatic heterocycles. The van der Waals surface area contributed by atoms with Crippen LogP contribution in [0.5, 0.6) is 5.75 Å². The van der Waals surface area contributed by atoms with E-state index in [9.17, 15) is 13.2 Å². The Bertz CT molecular complexity index is 953. The fraction of sp³-hybridized carbons (Fsp3) is 0.476. The van der Waals surface area contributed by atoms with Gasteiger partial charge in [-0.05, 0) is 59.5 Å². The first-order chi connectivity index (χ1) is 14.5. The van der Waals surface area contributed by atoms with Crippen molar-refractivity contribution in [3.8, 4) is 5.75 Å². The summed E-state index contributed by atoms with van der Waals surface area (Å²) in [5, 5.41) is 4.23. The van der Waals surface area contributed by atoms with E-state index in [-0.39, 0.29) is 10.8 Å². The largest absolute Gasteiger partial charge is 0.497 e. The van der Waals surface area contributed by atoms with Crippen LogP contribution in [0.15, 0.2) is 46.0 Å². The Labute approximate surface area is 181 Å². The van der Waals surface area contributed by atoms with Gasteiger partial charge >= 0.3 is 0 Å². The minimum absolute atomic E-state index is 0.0697. The third kappa shape index (κ3) is 4.39. The zero-order valence-electron chi connectivity index (χ0n) is 17.1. The number of nitrogens with zero attached hydrogens (tertiary/aromatic N) is 3. The highest BCUT2D eigenvalue weighted by atomic mass is 32.2. The van der Waals surface area contributed by atoms with E-state index in [1.54, 1.807) is 30.6 Å². The van der Waals surface area contributed by atoms with Crippen LogP contribution in [0.2, 0.25) is 0 Å². The lowest BCUT2D eigenvalue weighted by Gasteiger charge is -2.37. The summed E-state index contributed by atoms with van der Waals surface area (Å²) in [6.07, 6.45) is 1.27. The number of benzene rings is 1. The lowest BCUT2D eigenvalue weighted by atomic mass is 10.2. The lowest BCUT2D eigenvalue weighted by Crippen LogP contribution is -2.54. The third-order valence-electron chi connectivity index (χ3n) is 5.83. The van der Waals surface area contributed by atoms with E-state index in [4.69, 9.17) is 4.74 Å². The first-order valence-corrected chi connectivity index (χ1v) is 12.6. The number of hydrogen-bond donors (Lipinski definition) is 0. The molecule has 2 saturated heterocycles. The number of hydrogen-bond acceptors (Lipinski definition) is 6. The zero-order chi connectivity index (χ0) is 21.1. The van der Waals surface area contributed by atoms with Gasteiger partial charge in [-0.15, -0.1) is 0 Å². The smallest absolute Gasteiger partial charge is 0.243 e. The molecule has 1 amide bonds. The molecular weight excluding hydrogens is 422 g/mol. The Hall–Kier alpha value is -1.94. The van der Waals surface area contributed by atoms with E-state index in [1.807, 2.05) is 4.90 Å². The van der Waals surface area contributed by atoms with E-state index in [0.29, 0.717) is 38.2 Å². The standard InChI is InChI=1S/C21H27N3O4S2/c1-28-18-4-6-19(7-5-18)30(26,27)24-9-2-3-20(24)21(25)23-12-10-22(11-13-23)15-17-8-14-29-16-17/h4-8,14,16,20H,2-3,9-13,15H2,1H3/t20-/m0/s1. The molecule has 2 aromatic rings.